The third-order valence-corrected chi connectivity index (χ3v) is 6.11. The Morgan fingerprint density at radius 2 is 1.89 bits per heavy atom. The van der Waals surface area contributed by atoms with E-state index in [4.69, 9.17) is 4.74 Å². The van der Waals surface area contributed by atoms with Crippen molar-refractivity contribution < 1.29 is 14.5 Å². The smallest absolute Gasteiger partial charge is 0.293 e. The summed E-state index contributed by atoms with van der Waals surface area (Å²) in [6.07, 6.45) is 1.41. The van der Waals surface area contributed by atoms with E-state index in [-0.39, 0.29) is 16.9 Å². The summed E-state index contributed by atoms with van der Waals surface area (Å²) < 4.78 is 6.67. The van der Waals surface area contributed by atoms with Gasteiger partial charge in [-0.15, -0.1) is 0 Å². The molecular formula is C28H20BrN3O4. The molecule has 4 aromatic rings. The number of benzene rings is 4. The van der Waals surface area contributed by atoms with Crippen molar-refractivity contribution in [2.24, 2.45) is 0 Å². The molecule has 0 atom stereocenters. The van der Waals surface area contributed by atoms with Gasteiger partial charge in [0.25, 0.3) is 11.6 Å². The van der Waals surface area contributed by atoms with Crippen LogP contribution in [0.25, 0.3) is 16.8 Å². The Hall–Kier alpha value is -4.48. The van der Waals surface area contributed by atoms with E-state index in [1.165, 1.54) is 18.2 Å². The number of nitriles is 1. The molecule has 0 saturated heterocycles. The van der Waals surface area contributed by atoms with E-state index >= 15 is 0 Å². The van der Waals surface area contributed by atoms with Crippen LogP contribution >= 0.6 is 15.9 Å². The van der Waals surface area contributed by atoms with E-state index in [0.29, 0.717) is 28.0 Å². The van der Waals surface area contributed by atoms with Gasteiger partial charge in [-0.1, -0.05) is 54.6 Å². The number of rotatable bonds is 7. The average molecular weight is 542 g/mol. The Morgan fingerprint density at radius 1 is 1.11 bits per heavy atom. The van der Waals surface area contributed by atoms with Crippen molar-refractivity contribution in [3.8, 4) is 11.8 Å². The highest BCUT2D eigenvalue weighted by Crippen LogP contribution is 2.29. The maximum atomic E-state index is 12.7. The number of fused-ring (bicyclic) bond motifs is 1. The summed E-state index contributed by atoms with van der Waals surface area (Å²) >= 11 is 3.49. The molecule has 0 radical (unpaired) electrons. The average Bonchev–Trinajstić information content (AvgIpc) is 2.87. The lowest BCUT2D eigenvalue weighted by Crippen LogP contribution is -2.14. The van der Waals surface area contributed by atoms with Crippen molar-refractivity contribution in [3.05, 3.63) is 116 Å². The summed E-state index contributed by atoms with van der Waals surface area (Å²) in [5, 5.41) is 25.6. The fraction of sp³-hybridized carbons (Fsp3) is 0.0714. The first kappa shape index (κ1) is 24.6. The lowest BCUT2D eigenvalue weighted by Gasteiger charge is -2.11. The summed E-state index contributed by atoms with van der Waals surface area (Å²) in [6.45, 7) is 2.09. The Morgan fingerprint density at radius 3 is 2.64 bits per heavy atom. The van der Waals surface area contributed by atoms with Crippen LogP contribution in [0, 0.1) is 28.4 Å². The van der Waals surface area contributed by atoms with Gasteiger partial charge >= 0.3 is 0 Å². The van der Waals surface area contributed by atoms with E-state index in [2.05, 4.69) is 39.4 Å². The Labute approximate surface area is 215 Å². The molecule has 4 rings (SSSR count). The number of nitro benzene ring substituents is 1. The predicted molar refractivity (Wildman–Crippen MR) is 142 cm³/mol. The molecule has 0 fully saturated rings. The highest BCUT2D eigenvalue weighted by Gasteiger charge is 2.18. The number of hydrogen-bond acceptors (Lipinski definition) is 5. The van der Waals surface area contributed by atoms with Crippen molar-refractivity contribution in [1.29, 1.82) is 5.26 Å². The Balaban J connectivity index is 1.50. The number of aryl methyl sites for hydroxylation is 1. The molecule has 4 aromatic carbocycles. The molecule has 0 bridgehead atoms. The zero-order valence-electron chi connectivity index (χ0n) is 19.2. The van der Waals surface area contributed by atoms with Crippen molar-refractivity contribution in [3.63, 3.8) is 0 Å². The van der Waals surface area contributed by atoms with Gasteiger partial charge in [-0.3, -0.25) is 14.9 Å². The summed E-state index contributed by atoms with van der Waals surface area (Å²) in [6, 6.07) is 25.7. The second-order valence-corrected chi connectivity index (χ2v) is 8.87. The lowest BCUT2D eigenvalue weighted by molar-refractivity contribution is -0.384. The maximum absolute atomic E-state index is 12.7. The number of nitrogens with one attached hydrogen (secondary N) is 1. The second kappa shape index (κ2) is 10.8. The molecule has 0 aliphatic rings. The minimum Gasteiger partial charge on any atom is -0.488 e. The van der Waals surface area contributed by atoms with Gasteiger partial charge in [-0.05, 0) is 74.6 Å². The van der Waals surface area contributed by atoms with Gasteiger partial charge in [0.1, 0.15) is 29.7 Å². The topological polar surface area (TPSA) is 105 Å². The van der Waals surface area contributed by atoms with Crippen molar-refractivity contribution in [2.75, 3.05) is 5.32 Å². The normalized spacial score (nSPS) is 11.1. The molecule has 0 unspecified atom stereocenters. The lowest BCUT2D eigenvalue weighted by atomic mass is 10.1. The van der Waals surface area contributed by atoms with Crippen LogP contribution in [0.15, 0.2) is 88.9 Å². The number of halogens is 1. The standard InChI is InChI=1S/C28H20BrN3O4/c1-18-9-11-25(26(13-18)32(34)35)31-28(33)22(16-30)14-19-10-12-27(24(29)15-19)36-17-21-7-4-6-20-5-2-3-8-23(20)21/h2-15H,17H2,1H3,(H,31,33)/b22-14+. The van der Waals surface area contributed by atoms with E-state index < -0.39 is 10.8 Å². The first-order valence-corrected chi connectivity index (χ1v) is 11.7. The van der Waals surface area contributed by atoms with E-state index in [1.54, 1.807) is 31.2 Å². The molecule has 36 heavy (non-hydrogen) atoms. The maximum Gasteiger partial charge on any atom is 0.293 e. The highest BCUT2D eigenvalue weighted by atomic mass is 79.9. The molecule has 0 spiro atoms. The molecular weight excluding hydrogens is 522 g/mol. The van der Waals surface area contributed by atoms with E-state index in [0.717, 1.165) is 16.3 Å². The second-order valence-electron chi connectivity index (χ2n) is 8.02. The van der Waals surface area contributed by atoms with Gasteiger partial charge in [-0.25, -0.2) is 0 Å². The SMILES string of the molecule is Cc1ccc(NC(=O)/C(C#N)=C/c2ccc(OCc3cccc4ccccc34)c(Br)c2)c([N+](=O)[O-])c1. The van der Waals surface area contributed by atoms with Crippen LogP contribution in [-0.4, -0.2) is 10.8 Å². The van der Waals surface area contributed by atoms with Gasteiger partial charge in [0.05, 0.1) is 9.40 Å². The Bertz CT molecular complexity index is 1550. The first-order chi connectivity index (χ1) is 17.4. The van der Waals surface area contributed by atoms with Crippen LogP contribution < -0.4 is 10.1 Å². The van der Waals surface area contributed by atoms with Gasteiger partial charge in [0.2, 0.25) is 0 Å². The molecule has 1 N–H and O–H groups in total. The number of carbonyl (C=O) groups is 1. The van der Waals surface area contributed by atoms with Gasteiger partial charge < -0.3 is 10.1 Å². The van der Waals surface area contributed by atoms with Gasteiger partial charge in [0.15, 0.2) is 0 Å². The summed E-state index contributed by atoms with van der Waals surface area (Å²) in [5.41, 5.74) is 1.91. The number of amides is 1. The number of anilines is 1. The van der Waals surface area contributed by atoms with Crippen LogP contribution in [0.1, 0.15) is 16.7 Å². The molecule has 1 amide bonds. The monoisotopic (exact) mass is 541 g/mol. The molecule has 0 heterocycles. The van der Waals surface area contributed by atoms with Gasteiger partial charge in [-0.2, -0.15) is 5.26 Å². The zero-order valence-corrected chi connectivity index (χ0v) is 20.8. The van der Waals surface area contributed by atoms with Crippen LogP contribution in [-0.2, 0) is 11.4 Å². The highest BCUT2D eigenvalue weighted by molar-refractivity contribution is 9.10. The Kier molecular flexibility index (Phi) is 7.42. The number of nitro groups is 1. The third kappa shape index (κ3) is 5.59. The summed E-state index contributed by atoms with van der Waals surface area (Å²) in [5.74, 6) is -0.129. The number of nitrogens with zero attached hydrogens (tertiary/aromatic N) is 2. The fourth-order valence-corrected chi connectivity index (χ4v) is 4.21. The van der Waals surface area contributed by atoms with Crippen LogP contribution in [0.3, 0.4) is 0 Å². The molecule has 0 aliphatic heterocycles. The molecule has 0 aliphatic carbocycles. The van der Waals surface area contributed by atoms with Gasteiger partial charge in [0, 0.05) is 6.07 Å². The molecule has 178 valence electrons. The van der Waals surface area contributed by atoms with Crippen molar-refractivity contribution in [2.45, 2.75) is 13.5 Å². The predicted octanol–water partition coefficient (Wildman–Crippen LogP) is 6.94. The molecule has 7 nitrogen and oxygen atoms in total. The quantitative estimate of drug-likeness (QED) is 0.118. The third-order valence-electron chi connectivity index (χ3n) is 5.49. The zero-order chi connectivity index (χ0) is 25.7. The first-order valence-electron chi connectivity index (χ1n) is 10.9. The largest absolute Gasteiger partial charge is 0.488 e. The molecule has 0 aromatic heterocycles. The van der Waals surface area contributed by atoms with Crippen LogP contribution in [0.4, 0.5) is 11.4 Å². The summed E-state index contributed by atoms with van der Waals surface area (Å²) in [4.78, 5) is 23.4. The van der Waals surface area contributed by atoms with E-state index in [9.17, 15) is 20.2 Å². The van der Waals surface area contributed by atoms with E-state index in [1.807, 2.05) is 30.3 Å². The van der Waals surface area contributed by atoms with Crippen LogP contribution in [0.5, 0.6) is 5.75 Å². The number of carbonyl (C=O) groups excluding carboxylic acids is 1. The number of ether oxygens (including phenoxy) is 1. The minimum absolute atomic E-state index is 0.0233. The molecule has 8 heteroatoms. The van der Waals surface area contributed by atoms with Crippen molar-refractivity contribution in [1.82, 2.24) is 0 Å². The number of hydrogen-bond donors (Lipinski definition) is 1. The van der Waals surface area contributed by atoms with Crippen LogP contribution in [0.2, 0.25) is 0 Å². The summed E-state index contributed by atoms with van der Waals surface area (Å²) in [7, 11) is 0. The minimum atomic E-state index is -0.739. The fourth-order valence-electron chi connectivity index (χ4n) is 3.70. The molecule has 0 saturated carbocycles. The van der Waals surface area contributed by atoms with Crippen molar-refractivity contribution >= 4 is 50.1 Å².